The monoisotopic (exact) mass is 454 g/mol. The fourth-order valence-electron chi connectivity index (χ4n) is 2.15. The van der Waals surface area contributed by atoms with E-state index in [1.807, 2.05) is 19.1 Å². The van der Waals surface area contributed by atoms with E-state index in [4.69, 9.17) is 21.1 Å². The van der Waals surface area contributed by atoms with Gasteiger partial charge in [0.2, 0.25) is 0 Å². The van der Waals surface area contributed by atoms with Gasteiger partial charge in [0.25, 0.3) is 11.8 Å². The summed E-state index contributed by atoms with van der Waals surface area (Å²) in [6.07, 6.45) is 0.906. The van der Waals surface area contributed by atoms with Crippen LogP contribution >= 0.6 is 27.5 Å². The van der Waals surface area contributed by atoms with Crippen LogP contribution in [0.25, 0.3) is 0 Å². The Kier molecular flexibility index (Phi) is 7.94. The Bertz CT molecular complexity index is 829. The Morgan fingerprint density at radius 2 is 1.59 bits per heavy atom. The molecule has 0 spiro atoms. The van der Waals surface area contributed by atoms with Crippen molar-refractivity contribution >= 4 is 39.3 Å². The van der Waals surface area contributed by atoms with Gasteiger partial charge in [-0.1, -0.05) is 24.6 Å². The molecular weight excluding hydrogens is 436 g/mol. The third-order valence-corrected chi connectivity index (χ3v) is 4.46. The molecule has 0 aliphatic carbocycles. The summed E-state index contributed by atoms with van der Waals surface area (Å²) in [6, 6.07) is 10.7. The Balaban J connectivity index is 1.72. The first-order chi connectivity index (χ1) is 12.9. The number of amides is 2. The highest BCUT2D eigenvalue weighted by molar-refractivity contribution is 9.10. The van der Waals surface area contributed by atoms with E-state index >= 15 is 0 Å². The van der Waals surface area contributed by atoms with E-state index in [9.17, 15) is 9.59 Å². The smallest absolute Gasteiger partial charge is 0.276 e. The molecule has 0 fully saturated rings. The first-order valence-electron chi connectivity index (χ1n) is 8.27. The van der Waals surface area contributed by atoms with E-state index in [0.29, 0.717) is 16.5 Å². The first kappa shape index (κ1) is 21.1. The third kappa shape index (κ3) is 6.77. The molecule has 0 bridgehead atoms. The molecule has 8 heteroatoms. The van der Waals surface area contributed by atoms with Gasteiger partial charge in [-0.05, 0) is 70.7 Å². The SMILES string of the molecule is CCc1ccc(OCC(=O)NNC(=O)COc2ccc(Cl)cc2C)c(Br)c1. The van der Waals surface area contributed by atoms with E-state index in [2.05, 4.69) is 33.7 Å². The molecule has 0 saturated carbocycles. The number of hydrazine groups is 1. The Morgan fingerprint density at radius 1 is 1.00 bits per heavy atom. The highest BCUT2D eigenvalue weighted by Gasteiger charge is 2.09. The topological polar surface area (TPSA) is 76.7 Å². The lowest BCUT2D eigenvalue weighted by molar-refractivity contribution is -0.131. The molecule has 6 nitrogen and oxygen atoms in total. The molecule has 0 heterocycles. The fourth-order valence-corrected chi connectivity index (χ4v) is 2.92. The Hall–Kier alpha value is -2.25. The lowest BCUT2D eigenvalue weighted by Crippen LogP contribution is -2.45. The molecule has 144 valence electrons. The van der Waals surface area contributed by atoms with Crippen molar-refractivity contribution in [3.63, 3.8) is 0 Å². The van der Waals surface area contributed by atoms with Gasteiger partial charge in [-0.15, -0.1) is 0 Å². The highest BCUT2D eigenvalue weighted by Crippen LogP contribution is 2.26. The molecule has 0 aromatic heterocycles. The molecule has 2 N–H and O–H groups in total. The fraction of sp³-hybridized carbons (Fsp3) is 0.263. The van der Waals surface area contributed by atoms with Gasteiger partial charge in [-0.25, -0.2) is 0 Å². The van der Waals surface area contributed by atoms with Crippen LogP contribution in [0, 0.1) is 6.92 Å². The summed E-state index contributed by atoms with van der Waals surface area (Å²) < 4.78 is 11.6. The van der Waals surface area contributed by atoms with Crippen LogP contribution in [0.15, 0.2) is 40.9 Å². The molecule has 0 atom stereocenters. The summed E-state index contributed by atoms with van der Waals surface area (Å²) >= 11 is 9.27. The van der Waals surface area contributed by atoms with Crippen LogP contribution < -0.4 is 20.3 Å². The van der Waals surface area contributed by atoms with Gasteiger partial charge >= 0.3 is 0 Å². The van der Waals surface area contributed by atoms with Crippen LogP contribution in [0.3, 0.4) is 0 Å². The second-order valence-electron chi connectivity index (χ2n) is 5.70. The van der Waals surface area contributed by atoms with Crippen molar-refractivity contribution in [2.75, 3.05) is 13.2 Å². The van der Waals surface area contributed by atoms with Gasteiger partial charge in [0.15, 0.2) is 13.2 Å². The van der Waals surface area contributed by atoms with Crippen LogP contribution in [0.5, 0.6) is 11.5 Å². The molecule has 27 heavy (non-hydrogen) atoms. The Labute approximate surface area is 171 Å². The number of benzene rings is 2. The lowest BCUT2D eigenvalue weighted by atomic mass is 10.2. The zero-order valence-electron chi connectivity index (χ0n) is 15.0. The number of hydrogen-bond acceptors (Lipinski definition) is 4. The highest BCUT2D eigenvalue weighted by atomic mass is 79.9. The standard InChI is InChI=1S/C19H20BrClN2O4/c1-3-13-4-6-17(15(20)9-13)27-11-19(25)23-22-18(24)10-26-16-7-5-14(21)8-12(16)2/h4-9H,3,10-11H2,1-2H3,(H,22,24)(H,23,25). The molecule has 0 aliphatic heterocycles. The molecule has 2 aromatic rings. The molecule has 0 saturated heterocycles. The van der Waals surface area contributed by atoms with Gasteiger partial charge in [0, 0.05) is 5.02 Å². The molecule has 0 radical (unpaired) electrons. The van der Waals surface area contributed by atoms with Crippen LogP contribution in [-0.2, 0) is 16.0 Å². The predicted molar refractivity (Wildman–Crippen MR) is 107 cm³/mol. The van der Waals surface area contributed by atoms with Crippen molar-refractivity contribution in [1.82, 2.24) is 10.9 Å². The zero-order valence-corrected chi connectivity index (χ0v) is 17.3. The summed E-state index contributed by atoms with van der Waals surface area (Å²) in [5, 5.41) is 0.590. The van der Waals surface area contributed by atoms with Crippen molar-refractivity contribution < 1.29 is 19.1 Å². The molecular formula is C19H20BrClN2O4. The van der Waals surface area contributed by atoms with E-state index in [-0.39, 0.29) is 13.2 Å². The van der Waals surface area contributed by atoms with Crippen molar-refractivity contribution in [1.29, 1.82) is 0 Å². The second kappa shape index (κ2) is 10.2. The number of rotatable bonds is 7. The van der Waals surface area contributed by atoms with Gasteiger partial charge in [-0.2, -0.15) is 0 Å². The quantitative estimate of drug-likeness (QED) is 0.626. The summed E-state index contributed by atoms with van der Waals surface area (Å²) in [5.41, 5.74) is 6.51. The van der Waals surface area contributed by atoms with Crippen LogP contribution in [-0.4, -0.2) is 25.0 Å². The van der Waals surface area contributed by atoms with E-state index in [1.54, 1.807) is 24.3 Å². The van der Waals surface area contributed by atoms with Gasteiger partial charge in [0.1, 0.15) is 11.5 Å². The number of carbonyl (C=O) groups excluding carboxylic acids is 2. The van der Waals surface area contributed by atoms with Crippen LogP contribution in [0.4, 0.5) is 0 Å². The summed E-state index contributed by atoms with van der Waals surface area (Å²) in [5.74, 6) is 0.114. The van der Waals surface area contributed by atoms with Gasteiger partial charge in [0.05, 0.1) is 4.47 Å². The molecule has 0 aliphatic rings. The maximum atomic E-state index is 11.8. The largest absolute Gasteiger partial charge is 0.483 e. The number of ether oxygens (including phenoxy) is 2. The second-order valence-corrected chi connectivity index (χ2v) is 6.99. The molecule has 0 unspecified atom stereocenters. The normalized spacial score (nSPS) is 10.2. The average molecular weight is 456 g/mol. The van der Waals surface area contributed by atoms with Gasteiger partial charge < -0.3 is 9.47 Å². The summed E-state index contributed by atoms with van der Waals surface area (Å²) in [7, 11) is 0. The number of nitrogens with one attached hydrogen (secondary N) is 2. The van der Waals surface area contributed by atoms with E-state index in [1.165, 1.54) is 0 Å². The average Bonchev–Trinajstić information content (AvgIpc) is 2.64. The van der Waals surface area contributed by atoms with E-state index in [0.717, 1.165) is 22.0 Å². The van der Waals surface area contributed by atoms with Crippen LogP contribution in [0.1, 0.15) is 18.1 Å². The number of hydrogen-bond donors (Lipinski definition) is 2. The summed E-state index contributed by atoms with van der Waals surface area (Å²) in [4.78, 5) is 23.6. The maximum Gasteiger partial charge on any atom is 0.276 e. The molecule has 2 amide bonds. The lowest BCUT2D eigenvalue weighted by Gasteiger charge is -2.12. The first-order valence-corrected chi connectivity index (χ1v) is 9.44. The van der Waals surface area contributed by atoms with Crippen molar-refractivity contribution in [3.05, 3.63) is 57.0 Å². The minimum absolute atomic E-state index is 0.235. The number of aryl methyl sites for hydroxylation is 2. The number of halogens is 2. The molecule has 2 rings (SSSR count). The predicted octanol–water partition coefficient (Wildman–Crippen LogP) is 3.58. The third-order valence-electron chi connectivity index (χ3n) is 3.60. The van der Waals surface area contributed by atoms with Crippen molar-refractivity contribution in [2.45, 2.75) is 20.3 Å². The van der Waals surface area contributed by atoms with Crippen molar-refractivity contribution in [3.8, 4) is 11.5 Å². The zero-order chi connectivity index (χ0) is 19.8. The minimum Gasteiger partial charge on any atom is -0.483 e. The molecule has 2 aromatic carbocycles. The van der Waals surface area contributed by atoms with Gasteiger partial charge in [-0.3, -0.25) is 20.4 Å². The number of carbonyl (C=O) groups is 2. The summed E-state index contributed by atoms with van der Waals surface area (Å²) in [6.45, 7) is 3.40. The minimum atomic E-state index is -0.494. The van der Waals surface area contributed by atoms with Crippen LogP contribution in [0.2, 0.25) is 5.02 Å². The Morgan fingerprint density at radius 3 is 2.15 bits per heavy atom. The van der Waals surface area contributed by atoms with E-state index < -0.39 is 11.8 Å². The maximum absolute atomic E-state index is 11.8. The van der Waals surface area contributed by atoms with Crippen molar-refractivity contribution in [2.24, 2.45) is 0 Å².